The molecule has 7 heteroatoms. The van der Waals surface area contributed by atoms with Crippen LogP contribution >= 0.6 is 0 Å². The van der Waals surface area contributed by atoms with Crippen molar-refractivity contribution in [3.8, 4) is 0 Å². The first-order valence-corrected chi connectivity index (χ1v) is 11.2. The largest absolute Gasteiger partial charge is 0.467 e. The van der Waals surface area contributed by atoms with Crippen molar-refractivity contribution in [1.29, 1.82) is 0 Å². The van der Waals surface area contributed by atoms with E-state index in [4.69, 9.17) is 4.42 Å². The Morgan fingerprint density at radius 1 is 1.07 bits per heavy atom. The SMILES string of the molecule is CC(C)[C@H](NC(=O)C12CC3CC(CC(C3)C1)C2)C(=O)NCC(=O)NCc1ccco1. The summed E-state index contributed by atoms with van der Waals surface area (Å²) in [7, 11) is 0. The predicted octanol–water partition coefficient (Wildman–Crippen LogP) is 2.37. The standard InChI is InChI=1S/C23H33N3O4/c1-14(2)20(21(28)25-13-19(27)24-12-18-4-3-5-30-18)26-22(29)23-9-15-6-16(10-23)8-17(7-15)11-23/h3-5,14-17,20H,6-13H2,1-2H3,(H,24,27)(H,25,28)(H,26,29)/t15?,16?,17?,20-,23?/m0/s1. The molecule has 4 fully saturated rings. The Hall–Kier alpha value is -2.31. The van der Waals surface area contributed by atoms with E-state index in [0.29, 0.717) is 23.5 Å². The van der Waals surface area contributed by atoms with Crippen molar-refractivity contribution in [2.24, 2.45) is 29.1 Å². The lowest BCUT2D eigenvalue weighted by molar-refractivity contribution is -0.149. The summed E-state index contributed by atoms with van der Waals surface area (Å²) in [5, 5.41) is 8.43. The molecule has 4 aliphatic carbocycles. The number of rotatable bonds is 8. The number of hydrogen-bond donors (Lipinski definition) is 3. The van der Waals surface area contributed by atoms with Crippen LogP contribution in [0.1, 0.15) is 58.1 Å². The summed E-state index contributed by atoms with van der Waals surface area (Å²) >= 11 is 0. The van der Waals surface area contributed by atoms with Gasteiger partial charge in [0.05, 0.1) is 19.4 Å². The van der Waals surface area contributed by atoms with Gasteiger partial charge in [0.1, 0.15) is 11.8 Å². The van der Waals surface area contributed by atoms with Crippen molar-refractivity contribution in [3.63, 3.8) is 0 Å². The van der Waals surface area contributed by atoms with Crippen LogP contribution < -0.4 is 16.0 Å². The Morgan fingerprint density at radius 2 is 1.70 bits per heavy atom. The van der Waals surface area contributed by atoms with E-state index in [2.05, 4.69) is 16.0 Å². The lowest BCUT2D eigenvalue weighted by Crippen LogP contribution is -2.58. The highest BCUT2D eigenvalue weighted by Crippen LogP contribution is 2.60. The van der Waals surface area contributed by atoms with E-state index in [-0.39, 0.29) is 42.1 Å². The van der Waals surface area contributed by atoms with E-state index in [9.17, 15) is 14.4 Å². The van der Waals surface area contributed by atoms with Gasteiger partial charge in [-0.2, -0.15) is 0 Å². The van der Waals surface area contributed by atoms with Crippen molar-refractivity contribution in [2.75, 3.05) is 6.54 Å². The zero-order chi connectivity index (χ0) is 21.3. The fraction of sp³-hybridized carbons (Fsp3) is 0.696. The Balaban J connectivity index is 1.30. The maximum Gasteiger partial charge on any atom is 0.243 e. The fourth-order valence-electron chi connectivity index (χ4n) is 6.16. The average molecular weight is 416 g/mol. The minimum Gasteiger partial charge on any atom is -0.467 e. The molecule has 4 saturated carbocycles. The highest BCUT2D eigenvalue weighted by molar-refractivity contribution is 5.92. The molecule has 1 aromatic rings. The molecule has 4 bridgehead atoms. The Morgan fingerprint density at radius 3 is 2.23 bits per heavy atom. The van der Waals surface area contributed by atoms with Crippen molar-refractivity contribution < 1.29 is 18.8 Å². The summed E-state index contributed by atoms with van der Waals surface area (Å²) < 4.78 is 5.17. The first-order chi connectivity index (χ1) is 14.3. The van der Waals surface area contributed by atoms with Crippen LogP contribution in [0.25, 0.3) is 0 Å². The first-order valence-electron chi connectivity index (χ1n) is 11.2. The van der Waals surface area contributed by atoms with Gasteiger partial charge in [0.15, 0.2) is 0 Å². The molecule has 4 aliphatic rings. The highest BCUT2D eigenvalue weighted by atomic mass is 16.3. The lowest BCUT2D eigenvalue weighted by atomic mass is 9.49. The van der Waals surface area contributed by atoms with E-state index >= 15 is 0 Å². The normalized spacial score (nSPS) is 30.2. The molecule has 5 rings (SSSR count). The zero-order valence-corrected chi connectivity index (χ0v) is 17.9. The molecule has 164 valence electrons. The van der Waals surface area contributed by atoms with Gasteiger partial charge in [0.2, 0.25) is 17.7 Å². The van der Waals surface area contributed by atoms with E-state index in [1.54, 1.807) is 18.4 Å². The molecule has 3 amide bonds. The maximum atomic E-state index is 13.3. The van der Waals surface area contributed by atoms with Crippen LogP contribution in [0.2, 0.25) is 0 Å². The second kappa shape index (κ2) is 8.44. The average Bonchev–Trinajstić information content (AvgIpc) is 3.20. The number of carbonyl (C=O) groups excluding carboxylic acids is 3. The van der Waals surface area contributed by atoms with Gasteiger partial charge in [-0.25, -0.2) is 0 Å². The van der Waals surface area contributed by atoms with Gasteiger partial charge in [0, 0.05) is 5.41 Å². The van der Waals surface area contributed by atoms with Crippen molar-refractivity contribution in [3.05, 3.63) is 24.2 Å². The molecule has 0 unspecified atom stereocenters. The third kappa shape index (κ3) is 4.40. The third-order valence-corrected chi connectivity index (χ3v) is 7.22. The molecule has 1 aromatic heterocycles. The minimum absolute atomic E-state index is 0.0396. The minimum atomic E-state index is -0.636. The smallest absolute Gasteiger partial charge is 0.243 e. The molecule has 1 atom stereocenters. The summed E-state index contributed by atoms with van der Waals surface area (Å²) in [4.78, 5) is 38.1. The van der Waals surface area contributed by atoms with Crippen LogP contribution in [0.3, 0.4) is 0 Å². The topological polar surface area (TPSA) is 100 Å². The van der Waals surface area contributed by atoms with Gasteiger partial charge in [-0.05, 0) is 74.3 Å². The van der Waals surface area contributed by atoms with E-state index in [1.807, 2.05) is 13.8 Å². The predicted molar refractivity (Wildman–Crippen MR) is 111 cm³/mol. The second-order valence-corrected chi connectivity index (χ2v) is 9.97. The number of amides is 3. The van der Waals surface area contributed by atoms with Gasteiger partial charge in [-0.3, -0.25) is 14.4 Å². The van der Waals surface area contributed by atoms with Gasteiger partial charge in [-0.1, -0.05) is 13.8 Å². The fourth-order valence-corrected chi connectivity index (χ4v) is 6.16. The third-order valence-electron chi connectivity index (χ3n) is 7.22. The van der Waals surface area contributed by atoms with Crippen molar-refractivity contribution >= 4 is 17.7 Å². The molecule has 0 spiro atoms. The molecule has 0 aliphatic heterocycles. The molecule has 3 N–H and O–H groups in total. The molecule has 30 heavy (non-hydrogen) atoms. The summed E-state index contributed by atoms with van der Waals surface area (Å²) in [6, 6.07) is 2.89. The monoisotopic (exact) mass is 415 g/mol. The van der Waals surface area contributed by atoms with Gasteiger partial charge >= 0.3 is 0 Å². The number of furan rings is 1. The highest BCUT2D eigenvalue weighted by Gasteiger charge is 2.55. The quantitative estimate of drug-likeness (QED) is 0.607. The van der Waals surface area contributed by atoms with Crippen LogP contribution in [0.4, 0.5) is 0 Å². The molecule has 0 aromatic carbocycles. The molecule has 7 nitrogen and oxygen atoms in total. The van der Waals surface area contributed by atoms with Gasteiger partial charge < -0.3 is 20.4 Å². The van der Waals surface area contributed by atoms with Crippen molar-refractivity contribution in [2.45, 2.75) is 65.0 Å². The maximum absolute atomic E-state index is 13.3. The lowest BCUT2D eigenvalue weighted by Gasteiger charge is -2.55. The van der Waals surface area contributed by atoms with Crippen LogP contribution in [0.5, 0.6) is 0 Å². The zero-order valence-electron chi connectivity index (χ0n) is 17.9. The molecule has 1 heterocycles. The van der Waals surface area contributed by atoms with E-state index < -0.39 is 6.04 Å². The molecular weight excluding hydrogens is 382 g/mol. The number of hydrogen-bond acceptors (Lipinski definition) is 4. The number of nitrogens with one attached hydrogen (secondary N) is 3. The Labute approximate surface area is 177 Å². The van der Waals surface area contributed by atoms with Crippen LogP contribution in [0.15, 0.2) is 22.8 Å². The van der Waals surface area contributed by atoms with Crippen LogP contribution in [-0.2, 0) is 20.9 Å². The summed E-state index contributed by atoms with van der Waals surface area (Å²) in [6.45, 7) is 3.98. The van der Waals surface area contributed by atoms with Crippen molar-refractivity contribution in [1.82, 2.24) is 16.0 Å². The molecule has 0 radical (unpaired) electrons. The Kier molecular flexibility index (Phi) is 5.89. The number of carbonyl (C=O) groups is 3. The Bertz CT molecular complexity index is 751. The molecule has 0 saturated heterocycles. The second-order valence-electron chi connectivity index (χ2n) is 9.97. The summed E-state index contributed by atoms with van der Waals surface area (Å²) in [5.41, 5.74) is -0.289. The van der Waals surface area contributed by atoms with Gasteiger partial charge in [-0.15, -0.1) is 0 Å². The van der Waals surface area contributed by atoms with Crippen LogP contribution in [0, 0.1) is 29.1 Å². The summed E-state index contributed by atoms with van der Waals surface area (Å²) in [5.74, 6) is 2.04. The van der Waals surface area contributed by atoms with Crippen LogP contribution in [-0.4, -0.2) is 30.3 Å². The van der Waals surface area contributed by atoms with E-state index in [1.165, 1.54) is 19.3 Å². The summed E-state index contributed by atoms with van der Waals surface area (Å²) in [6.07, 6.45) is 8.25. The first kappa shape index (κ1) is 20.9. The van der Waals surface area contributed by atoms with E-state index in [0.717, 1.165) is 19.3 Å². The molecular formula is C23H33N3O4. The van der Waals surface area contributed by atoms with Gasteiger partial charge in [0.25, 0.3) is 0 Å².